The van der Waals surface area contributed by atoms with Crippen LogP contribution in [0, 0.1) is 11.3 Å². The molecule has 2 atom stereocenters. The number of carboxylic acids is 1. The van der Waals surface area contributed by atoms with Crippen LogP contribution in [0.3, 0.4) is 0 Å². The van der Waals surface area contributed by atoms with Crippen LogP contribution in [-0.4, -0.2) is 11.1 Å². The van der Waals surface area contributed by atoms with Crippen molar-refractivity contribution >= 4 is 5.97 Å². The van der Waals surface area contributed by atoms with E-state index in [1.165, 1.54) is 128 Å². The molecular weight excluding hydrogens is 416 g/mol. The summed E-state index contributed by atoms with van der Waals surface area (Å²) in [6.07, 6.45) is 30.7. The summed E-state index contributed by atoms with van der Waals surface area (Å²) in [5, 5.41) is 10.5. The van der Waals surface area contributed by atoms with Gasteiger partial charge in [-0.25, -0.2) is 0 Å². The van der Waals surface area contributed by atoms with Gasteiger partial charge in [-0.3, -0.25) is 4.79 Å². The first-order valence-corrected chi connectivity index (χ1v) is 15.8. The highest BCUT2D eigenvalue weighted by molar-refractivity contribution is 5.74. The highest BCUT2D eigenvalue weighted by Crippen LogP contribution is 2.41. The van der Waals surface area contributed by atoms with Gasteiger partial charge in [0.25, 0.3) is 0 Å². The lowest BCUT2D eigenvalue weighted by Gasteiger charge is -2.34. The minimum absolute atomic E-state index is 0.476. The highest BCUT2D eigenvalue weighted by atomic mass is 16.4. The molecule has 0 aliphatic heterocycles. The normalized spacial score (nSPS) is 14.2. The van der Waals surface area contributed by atoms with Gasteiger partial charge in [0.05, 0.1) is 5.41 Å². The fourth-order valence-electron chi connectivity index (χ4n) is 5.72. The number of aliphatic carboxylic acids is 1. The number of hydrogen-bond acceptors (Lipinski definition) is 1. The zero-order valence-corrected chi connectivity index (χ0v) is 24.1. The largest absolute Gasteiger partial charge is 0.481 e. The Morgan fingerprint density at radius 3 is 1.29 bits per heavy atom. The summed E-state index contributed by atoms with van der Waals surface area (Å²) in [5.74, 6) is 0.112. The molecule has 0 heterocycles. The van der Waals surface area contributed by atoms with Gasteiger partial charge in [0.15, 0.2) is 0 Å². The van der Waals surface area contributed by atoms with Gasteiger partial charge >= 0.3 is 5.97 Å². The maximum atomic E-state index is 12.8. The van der Waals surface area contributed by atoms with Crippen LogP contribution < -0.4 is 0 Å². The zero-order valence-electron chi connectivity index (χ0n) is 24.1. The molecule has 0 aromatic heterocycles. The fourth-order valence-corrected chi connectivity index (χ4v) is 5.72. The van der Waals surface area contributed by atoms with Crippen LogP contribution in [0.5, 0.6) is 0 Å². The number of carbonyl (C=O) groups is 1. The first-order chi connectivity index (χ1) is 16.6. The molecule has 2 unspecified atom stereocenters. The van der Waals surface area contributed by atoms with Crippen molar-refractivity contribution in [2.45, 2.75) is 188 Å². The second-order valence-corrected chi connectivity index (χ2v) is 11.4. The summed E-state index contributed by atoms with van der Waals surface area (Å²) >= 11 is 0. The summed E-state index contributed by atoms with van der Waals surface area (Å²) in [5.41, 5.74) is -0.476. The van der Waals surface area contributed by atoms with Gasteiger partial charge in [0, 0.05) is 0 Å². The number of unbranched alkanes of at least 4 members (excludes halogenated alkanes) is 16. The Kier molecular flexibility index (Phi) is 23.8. The van der Waals surface area contributed by atoms with Gasteiger partial charge in [-0.1, -0.05) is 169 Å². The molecule has 2 heteroatoms. The zero-order chi connectivity index (χ0) is 25.3. The van der Waals surface area contributed by atoms with Crippen LogP contribution in [0.15, 0.2) is 0 Å². The van der Waals surface area contributed by atoms with Crippen LogP contribution in [0.2, 0.25) is 0 Å². The molecule has 0 aliphatic carbocycles. The Labute approximate surface area is 215 Å². The lowest BCUT2D eigenvalue weighted by atomic mass is 9.70. The molecule has 2 nitrogen and oxygen atoms in total. The maximum Gasteiger partial charge on any atom is 0.309 e. The summed E-state index contributed by atoms with van der Waals surface area (Å²) in [6.45, 7) is 9.08. The summed E-state index contributed by atoms with van der Waals surface area (Å²) < 4.78 is 0. The fraction of sp³-hybridized carbons (Fsp3) is 0.969. The lowest BCUT2D eigenvalue weighted by molar-refractivity contribution is -0.151. The van der Waals surface area contributed by atoms with E-state index in [-0.39, 0.29) is 0 Å². The van der Waals surface area contributed by atoms with Crippen molar-refractivity contribution in [1.82, 2.24) is 0 Å². The summed E-state index contributed by atoms with van der Waals surface area (Å²) in [4.78, 5) is 12.8. The minimum Gasteiger partial charge on any atom is -0.481 e. The summed E-state index contributed by atoms with van der Waals surface area (Å²) in [7, 11) is 0. The van der Waals surface area contributed by atoms with E-state index in [0.29, 0.717) is 5.92 Å². The topological polar surface area (TPSA) is 37.3 Å². The lowest BCUT2D eigenvalue weighted by Crippen LogP contribution is -2.34. The number of carboxylic acid groups (broad SMARTS) is 1. The Balaban J connectivity index is 5.00. The molecular formula is C32H64O2. The minimum atomic E-state index is -0.487. The molecule has 0 radical (unpaired) electrons. The second-order valence-electron chi connectivity index (χ2n) is 11.4. The van der Waals surface area contributed by atoms with Crippen LogP contribution in [0.4, 0.5) is 0 Å². The SMILES string of the molecule is CCCCCCCCCCC(CCCCCCCC)(CC(CCCC)CCCCCC)C(=O)O. The van der Waals surface area contributed by atoms with Crippen molar-refractivity contribution in [2.75, 3.05) is 0 Å². The third-order valence-corrected chi connectivity index (χ3v) is 8.08. The van der Waals surface area contributed by atoms with E-state index in [1.54, 1.807) is 0 Å². The number of hydrogen-bond donors (Lipinski definition) is 1. The Hall–Kier alpha value is -0.530. The molecule has 0 fully saturated rings. The molecule has 204 valence electrons. The molecule has 1 N–H and O–H groups in total. The Bertz CT molecular complexity index is 433. The molecule has 0 aromatic rings. The van der Waals surface area contributed by atoms with Crippen LogP contribution in [0.1, 0.15) is 188 Å². The van der Waals surface area contributed by atoms with E-state index in [1.807, 2.05) is 0 Å². The van der Waals surface area contributed by atoms with Crippen molar-refractivity contribution in [3.8, 4) is 0 Å². The van der Waals surface area contributed by atoms with Gasteiger partial charge in [-0.15, -0.1) is 0 Å². The van der Waals surface area contributed by atoms with E-state index in [4.69, 9.17) is 0 Å². The average Bonchev–Trinajstić information content (AvgIpc) is 2.83. The van der Waals surface area contributed by atoms with E-state index >= 15 is 0 Å². The molecule has 34 heavy (non-hydrogen) atoms. The Morgan fingerprint density at radius 1 is 0.529 bits per heavy atom. The molecule has 0 rings (SSSR count). The smallest absolute Gasteiger partial charge is 0.309 e. The van der Waals surface area contributed by atoms with Crippen LogP contribution in [-0.2, 0) is 4.79 Å². The van der Waals surface area contributed by atoms with Gasteiger partial charge in [0.2, 0.25) is 0 Å². The molecule has 0 aromatic carbocycles. The predicted molar refractivity (Wildman–Crippen MR) is 152 cm³/mol. The molecule has 0 bridgehead atoms. The van der Waals surface area contributed by atoms with Gasteiger partial charge in [0.1, 0.15) is 0 Å². The van der Waals surface area contributed by atoms with E-state index < -0.39 is 11.4 Å². The third-order valence-electron chi connectivity index (χ3n) is 8.08. The molecule has 0 saturated heterocycles. The van der Waals surface area contributed by atoms with Crippen molar-refractivity contribution < 1.29 is 9.90 Å². The molecule has 0 spiro atoms. The van der Waals surface area contributed by atoms with Crippen molar-refractivity contribution in [3.63, 3.8) is 0 Å². The highest BCUT2D eigenvalue weighted by Gasteiger charge is 2.39. The maximum absolute atomic E-state index is 12.8. The Morgan fingerprint density at radius 2 is 0.882 bits per heavy atom. The monoisotopic (exact) mass is 480 g/mol. The van der Waals surface area contributed by atoms with Gasteiger partial charge < -0.3 is 5.11 Å². The average molecular weight is 481 g/mol. The van der Waals surface area contributed by atoms with Crippen molar-refractivity contribution in [1.29, 1.82) is 0 Å². The van der Waals surface area contributed by atoms with E-state index in [2.05, 4.69) is 27.7 Å². The predicted octanol–water partition coefficient (Wildman–Crippen LogP) is 11.5. The first-order valence-electron chi connectivity index (χ1n) is 15.8. The van der Waals surface area contributed by atoms with Crippen molar-refractivity contribution in [3.05, 3.63) is 0 Å². The standard InChI is InChI=1S/C32H64O2/c1-5-9-13-16-18-19-21-24-28-32(31(33)34,27-23-20-17-14-10-6-2)29-30(25-12-8-4)26-22-15-11-7-3/h30H,5-29H2,1-4H3,(H,33,34). The van der Waals surface area contributed by atoms with Crippen LogP contribution >= 0.6 is 0 Å². The van der Waals surface area contributed by atoms with E-state index in [0.717, 1.165) is 32.1 Å². The van der Waals surface area contributed by atoms with Gasteiger partial charge in [-0.05, 0) is 25.2 Å². The molecule has 0 saturated carbocycles. The van der Waals surface area contributed by atoms with Gasteiger partial charge in [-0.2, -0.15) is 0 Å². The number of rotatable bonds is 27. The molecule has 0 amide bonds. The van der Waals surface area contributed by atoms with Crippen molar-refractivity contribution in [2.24, 2.45) is 11.3 Å². The van der Waals surface area contributed by atoms with E-state index in [9.17, 15) is 9.90 Å². The quantitative estimate of drug-likeness (QED) is 0.119. The first kappa shape index (κ1) is 33.5. The summed E-state index contributed by atoms with van der Waals surface area (Å²) in [6, 6.07) is 0. The molecule has 0 aliphatic rings. The second kappa shape index (κ2) is 24.2. The third kappa shape index (κ3) is 17.8. The van der Waals surface area contributed by atoms with Crippen LogP contribution in [0.25, 0.3) is 0 Å².